The van der Waals surface area contributed by atoms with E-state index in [-0.39, 0.29) is 4.90 Å². The van der Waals surface area contributed by atoms with E-state index in [2.05, 4.69) is 5.32 Å². The SMILES string of the molecule is Cc1cc(C)c(NC(=O)COC(=O)c2cc(S(=O)(=O)N(C)C)ccc2F)c(C)c1. The van der Waals surface area contributed by atoms with Crippen LogP contribution in [0.4, 0.5) is 10.1 Å². The quantitative estimate of drug-likeness (QED) is 0.723. The Morgan fingerprint density at radius 3 is 2.21 bits per heavy atom. The molecule has 0 fully saturated rings. The Bertz CT molecular complexity index is 1040. The summed E-state index contributed by atoms with van der Waals surface area (Å²) in [5.41, 5.74) is 2.81. The summed E-state index contributed by atoms with van der Waals surface area (Å²) in [4.78, 5) is 24.1. The number of hydrogen-bond acceptors (Lipinski definition) is 5. The molecule has 9 heteroatoms. The van der Waals surface area contributed by atoms with Gasteiger partial charge in [0, 0.05) is 19.8 Å². The highest BCUT2D eigenvalue weighted by Gasteiger charge is 2.22. The highest BCUT2D eigenvalue weighted by molar-refractivity contribution is 7.89. The molecule has 2 aromatic carbocycles. The average molecular weight is 422 g/mol. The van der Waals surface area contributed by atoms with E-state index in [9.17, 15) is 22.4 Å². The fraction of sp³-hybridized carbons (Fsp3) is 0.300. The molecular formula is C20H23FN2O5S. The van der Waals surface area contributed by atoms with E-state index in [0.717, 1.165) is 39.2 Å². The zero-order valence-corrected chi connectivity index (χ0v) is 17.7. The predicted octanol–water partition coefficient (Wildman–Crippen LogP) is 2.80. The topological polar surface area (TPSA) is 92.8 Å². The number of anilines is 1. The van der Waals surface area contributed by atoms with Crippen LogP contribution in [-0.2, 0) is 19.6 Å². The molecule has 1 N–H and O–H groups in total. The lowest BCUT2D eigenvalue weighted by Gasteiger charge is -2.14. The molecule has 0 spiro atoms. The van der Waals surface area contributed by atoms with Crippen LogP contribution in [0.1, 0.15) is 27.0 Å². The largest absolute Gasteiger partial charge is 0.452 e. The molecule has 0 bridgehead atoms. The summed E-state index contributed by atoms with van der Waals surface area (Å²) in [6, 6.07) is 6.61. The number of sulfonamides is 1. The third kappa shape index (κ3) is 5.18. The number of benzene rings is 2. The Morgan fingerprint density at radius 2 is 1.66 bits per heavy atom. The first-order valence-corrected chi connectivity index (χ1v) is 10.1. The van der Waals surface area contributed by atoms with Crippen molar-refractivity contribution in [2.45, 2.75) is 25.7 Å². The van der Waals surface area contributed by atoms with Gasteiger partial charge in [-0.2, -0.15) is 0 Å². The van der Waals surface area contributed by atoms with Crippen LogP contribution in [-0.4, -0.2) is 45.3 Å². The van der Waals surface area contributed by atoms with Crippen LogP contribution in [0.5, 0.6) is 0 Å². The summed E-state index contributed by atoms with van der Waals surface area (Å²) >= 11 is 0. The van der Waals surface area contributed by atoms with Gasteiger partial charge < -0.3 is 10.1 Å². The van der Waals surface area contributed by atoms with E-state index in [1.54, 1.807) is 0 Å². The van der Waals surface area contributed by atoms with Crippen LogP contribution < -0.4 is 5.32 Å². The van der Waals surface area contributed by atoms with Gasteiger partial charge >= 0.3 is 5.97 Å². The van der Waals surface area contributed by atoms with Gasteiger partial charge in [0.1, 0.15) is 5.82 Å². The zero-order valence-electron chi connectivity index (χ0n) is 16.9. The molecule has 7 nitrogen and oxygen atoms in total. The van der Waals surface area contributed by atoms with Crippen LogP contribution in [0.15, 0.2) is 35.2 Å². The maximum Gasteiger partial charge on any atom is 0.341 e. The lowest BCUT2D eigenvalue weighted by Crippen LogP contribution is -2.24. The molecule has 0 heterocycles. The number of nitrogens with zero attached hydrogens (tertiary/aromatic N) is 1. The van der Waals surface area contributed by atoms with Gasteiger partial charge in [0.2, 0.25) is 10.0 Å². The van der Waals surface area contributed by atoms with Crippen molar-refractivity contribution in [2.24, 2.45) is 0 Å². The molecule has 156 valence electrons. The first kappa shape index (κ1) is 22.5. The van der Waals surface area contributed by atoms with Gasteiger partial charge in [-0.15, -0.1) is 0 Å². The number of carbonyl (C=O) groups is 2. The fourth-order valence-corrected chi connectivity index (χ4v) is 3.72. The van der Waals surface area contributed by atoms with Gasteiger partial charge in [-0.1, -0.05) is 17.7 Å². The number of esters is 1. The normalized spacial score (nSPS) is 11.4. The maximum absolute atomic E-state index is 14.0. The molecule has 0 aliphatic heterocycles. The molecule has 0 aromatic heterocycles. The minimum atomic E-state index is -3.86. The predicted molar refractivity (Wildman–Crippen MR) is 107 cm³/mol. The first-order chi connectivity index (χ1) is 13.4. The monoisotopic (exact) mass is 422 g/mol. The average Bonchev–Trinajstić information content (AvgIpc) is 2.62. The highest BCUT2D eigenvalue weighted by Crippen LogP contribution is 2.22. The molecular weight excluding hydrogens is 399 g/mol. The van der Waals surface area contributed by atoms with E-state index < -0.39 is 39.9 Å². The Morgan fingerprint density at radius 1 is 1.07 bits per heavy atom. The lowest BCUT2D eigenvalue weighted by atomic mass is 10.1. The van der Waals surface area contributed by atoms with Crippen LogP contribution in [0.2, 0.25) is 0 Å². The molecule has 2 rings (SSSR count). The van der Waals surface area contributed by atoms with E-state index in [4.69, 9.17) is 4.74 Å². The molecule has 29 heavy (non-hydrogen) atoms. The Labute approximate surface area is 169 Å². The Kier molecular flexibility index (Phi) is 6.76. The third-order valence-electron chi connectivity index (χ3n) is 4.21. The molecule has 0 atom stereocenters. The van der Waals surface area contributed by atoms with Crippen molar-refractivity contribution in [1.82, 2.24) is 4.31 Å². The van der Waals surface area contributed by atoms with Crippen LogP contribution >= 0.6 is 0 Å². The summed E-state index contributed by atoms with van der Waals surface area (Å²) in [6.07, 6.45) is 0. The van der Waals surface area contributed by atoms with Crippen LogP contribution in [0.3, 0.4) is 0 Å². The standard InChI is InChI=1S/C20H23FN2O5S/c1-12-8-13(2)19(14(3)9-12)22-18(24)11-28-20(25)16-10-15(6-7-17(16)21)29(26,27)23(4)5/h6-10H,11H2,1-5H3,(H,22,24). The summed E-state index contributed by atoms with van der Waals surface area (Å²) in [5.74, 6) is -2.67. The van der Waals surface area contributed by atoms with E-state index in [1.807, 2.05) is 32.9 Å². The van der Waals surface area contributed by atoms with Crippen molar-refractivity contribution in [3.8, 4) is 0 Å². The number of ether oxygens (including phenoxy) is 1. The summed E-state index contributed by atoms with van der Waals surface area (Å²) < 4.78 is 44.2. The van der Waals surface area contributed by atoms with Gasteiger partial charge in [0.05, 0.1) is 10.5 Å². The second kappa shape index (κ2) is 8.71. The number of halogens is 1. The number of nitrogens with one attached hydrogen (secondary N) is 1. The van der Waals surface area contributed by atoms with Gasteiger partial charge in [-0.25, -0.2) is 21.9 Å². The van der Waals surface area contributed by atoms with Crippen molar-refractivity contribution in [3.05, 3.63) is 58.4 Å². The molecule has 0 radical (unpaired) electrons. The molecule has 0 saturated heterocycles. The number of carbonyl (C=O) groups excluding carboxylic acids is 2. The van der Waals surface area contributed by atoms with Crippen molar-refractivity contribution in [3.63, 3.8) is 0 Å². The Hall–Kier alpha value is -2.78. The number of hydrogen-bond donors (Lipinski definition) is 1. The molecule has 0 unspecified atom stereocenters. The highest BCUT2D eigenvalue weighted by atomic mass is 32.2. The van der Waals surface area contributed by atoms with Crippen molar-refractivity contribution >= 4 is 27.6 Å². The number of aryl methyl sites for hydroxylation is 3. The summed E-state index contributed by atoms with van der Waals surface area (Å²) in [7, 11) is -1.22. The van der Waals surface area contributed by atoms with Crippen LogP contribution in [0, 0.1) is 26.6 Å². The van der Waals surface area contributed by atoms with Crippen molar-refractivity contribution in [1.29, 1.82) is 0 Å². The number of amides is 1. The fourth-order valence-electron chi connectivity index (χ4n) is 2.79. The number of rotatable bonds is 6. The molecule has 0 aliphatic carbocycles. The molecule has 2 aromatic rings. The summed E-state index contributed by atoms with van der Waals surface area (Å²) in [5, 5.41) is 2.67. The van der Waals surface area contributed by atoms with Gasteiger partial charge in [0.25, 0.3) is 5.91 Å². The lowest BCUT2D eigenvalue weighted by molar-refractivity contribution is -0.119. The Balaban J connectivity index is 2.12. The van der Waals surface area contributed by atoms with Gasteiger partial charge in [-0.05, 0) is 50.1 Å². The molecule has 0 aliphatic rings. The van der Waals surface area contributed by atoms with Crippen molar-refractivity contribution in [2.75, 3.05) is 26.0 Å². The second-order valence-corrected chi connectivity index (χ2v) is 8.98. The third-order valence-corrected chi connectivity index (χ3v) is 6.02. The van der Waals surface area contributed by atoms with Crippen LogP contribution in [0.25, 0.3) is 0 Å². The molecule has 0 saturated carbocycles. The van der Waals surface area contributed by atoms with E-state index in [1.165, 1.54) is 14.1 Å². The van der Waals surface area contributed by atoms with E-state index in [0.29, 0.717) is 5.69 Å². The smallest absolute Gasteiger partial charge is 0.341 e. The van der Waals surface area contributed by atoms with Crippen molar-refractivity contribution < 1.29 is 27.1 Å². The summed E-state index contributed by atoms with van der Waals surface area (Å²) in [6.45, 7) is 4.98. The minimum Gasteiger partial charge on any atom is -0.452 e. The zero-order chi connectivity index (χ0) is 21.9. The molecule has 1 amide bonds. The van der Waals surface area contributed by atoms with Gasteiger partial charge in [0.15, 0.2) is 6.61 Å². The second-order valence-electron chi connectivity index (χ2n) is 6.83. The van der Waals surface area contributed by atoms with Gasteiger partial charge in [-0.3, -0.25) is 4.79 Å². The van der Waals surface area contributed by atoms with E-state index >= 15 is 0 Å². The maximum atomic E-state index is 14.0. The first-order valence-electron chi connectivity index (χ1n) is 8.70. The minimum absolute atomic E-state index is 0.258.